The lowest BCUT2D eigenvalue weighted by Gasteiger charge is -2.03. The lowest BCUT2D eigenvalue weighted by atomic mass is 10.2. The van der Waals surface area contributed by atoms with Crippen molar-refractivity contribution in [2.45, 2.75) is 6.54 Å². The number of para-hydroxylation sites is 1. The van der Waals surface area contributed by atoms with E-state index in [1.165, 1.54) is 6.07 Å². The van der Waals surface area contributed by atoms with Crippen molar-refractivity contribution >= 4 is 17.3 Å². The van der Waals surface area contributed by atoms with Gasteiger partial charge in [-0.1, -0.05) is 35.9 Å². The first kappa shape index (κ1) is 13.6. The van der Waals surface area contributed by atoms with E-state index < -0.39 is 0 Å². The average molecular weight is 304 g/mol. The molecule has 0 unspecified atom stereocenters. The van der Waals surface area contributed by atoms with Gasteiger partial charge in [0.15, 0.2) is 0 Å². The third-order valence-corrected chi connectivity index (χ3v) is 3.20. The molecule has 3 rings (SSSR count). The third-order valence-electron chi connectivity index (χ3n) is 2.88. The van der Waals surface area contributed by atoms with Crippen LogP contribution in [0.1, 0.15) is 5.89 Å². The second-order valence-corrected chi connectivity index (χ2v) is 4.72. The fourth-order valence-electron chi connectivity index (χ4n) is 1.84. The number of halogens is 2. The highest BCUT2D eigenvalue weighted by Crippen LogP contribution is 2.26. The molecular weight excluding hydrogens is 293 g/mol. The Balaban J connectivity index is 1.74. The zero-order chi connectivity index (χ0) is 14.7. The fourth-order valence-corrected chi connectivity index (χ4v) is 2.06. The van der Waals surface area contributed by atoms with Crippen LogP contribution in [0.25, 0.3) is 11.5 Å². The van der Waals surface area contributed by atoms with Gasteiger partial charge < -0.3 is 9.73 Å². The summed E-state index contributed by atoms with van der Waals surface area (Å²) in [4.78, 5) is 0. The van der Waals surface area contributed by atoms with E-state index in [1.807, 2.05) is 12.1 Å². The van der Waals surface area contributed by atoms with E-state index in [-0.39, 0.29) is 12.4 Å². The molecule has 0 atom stereocenters. The van der Waals surface area contributed by atoms with E-state index in [0.717, 1.165) is 0 Å². The quantitative estimate of drug-likeness (QED) is 0.787. The standard InChI is InChI=1S/C15H11ClFN3O/c16-11-6-2-1-5-10(11)15-20-19-14(21-15)9-18-13-8-4-3-7-12(13)17/h1-8,18H,9H2. The largest absolute Gasteiger partial charge is 0.419 e. The topological polar surface area (TPSA) is 51.0 Å². The van der Waals surface area contributed by atoms with Crippen LogP contribution < -0.4 is 5.32 Å². The van der Waals surface area contributed by atoms with E-state index in [9.17, 15) is 4.39 Å². The van der Waals surface area contributed by atoms with Crippen LogP contribution in [0, 0.1) is 5.82 Å². The lowest BCUT2D eigenvalue weighted by Crippen LogP contribution is -2.01. The minimum Gasteiger partial charge on any atom is -0.419 e. The van der Waals surface area contributed by atoms with Crippen LogP contribution in [0.15, 0.2) is 52.9 Å². The molecule has 0 saturated carbocycles. The normalized spacial score (nSPS) is 10.6. The lowest BCUT2D eigenvalue weighted by molar-refractivity contribution is 0.514. The Morgan fingerprint density at radius 1 is 1.05 bits per heavy atom. The first-order valence-corrected chi connectivity index (χ1v) is 6.67. The van der Waals surface area contributed by atoms with E-state index in [2.05, 4.69) is 15.5 Å². The summed E-state index contributed by atoms with van der Waals surface area (Å²) in [7, 11) is 0. The van der Waals surface area contributed by atoms with E-state index in [1.54, 1.807) is 30.3 Å². The van der Waals surface area contributed by atoms with Gasteiger partial charge in [0.25, 0.3) is 0 Å². The number of benzene rings is 2. The number of rotatable bonds is 4. The summed E-state index contributed by atoms with van der Waals surface area (Å²) in [6.45, 7) is 0.235. The molecular formula is C15H11ClFN3O. The number of anilines is 1. The Hall–Kier alpha value is -2.40. The molecule has 0 aliphatic heterocycles. The molecule has 1 heterocycles. The molecule has 0 aliphatic rings. The van der Waals surface area contributed by atoms with Crippen molar-refractivity contribution in [3.05, 3.63) is 65.3 Å². The van der Waals surface area contributed by atoms with Crippen LogP contribution in [0.3, 0.4) is 0 Å². The highest BCUT2D eigenvalue weighted by atomic mass is 35.5. The van der Waals surface area contributed by atoms with Crippen molar-refractivity contribution in [2.24, 2.45) is 0 Å². The first-order valence-electron chi connectivity index (χ1n) is 6.30. The maximum atomic E-state index is 13.5. The van der Waals surface area contributed by atoms with Gasteiger partial charge in [-0.25, -0.2) is 4.39 Å². The van der Waals surface area contributed by atoms with Crippen molar-refractivity contribution in [2.75, 3.05) is 5.32 Å². The van der Waals surface area contributed by atoms with Gasteiger partial charge in [0.05, 0.1) is 22.8 Å². The number of hydrogen-bond acceptors (Lipinski definition) is 4. The zero-order valence-corrected chi connectivity index (χ0v) is 11.6. The Kier molecular flexibility index (Phi) is 3.83. The monoisotopic (exact) mass is 303 g/mol. The van der Waals surface area contributed by atoms with Crippen LogP contribution in [0.5, 0.6) is 0 Å². The second-order valence-electron chi connectivity index (χ2n) is 4.31. The van der Waals surface area contributed by atoms with Gasteiger partial charge >= 0.3 is 0 Å². The number of nitrogens with one attached hydrogen (secondary N) is 1. The van der Waals surface area contributed by atoms with Gasteiger partial charge in [-0.3, -0.25) is 0 Å². The van der Waals surface area contributed by atoms with Crippen molar-refractivity contribution in [3.8, 4) is 11.5 Å². The van der Waals surface area contributed by atoms with Gasteiger partial charge in [0.2, 0.25) is 11.8 Å². The Morgan fingerprint density at radius 3 is 2.62 bits per heavy atom. The molecule has 0 aliphatic carbocycles. The summed E-state index contributed by atoms with van der Waals surface area (Å²) in [6.07, 6.45) is 0. The van der Waals surface area contributed by atoms with Crippen molar-refractivity contribution in [1.29, 1.82) is 0 Å². The van der Waals surface area contributed by atoms with Crippen LogP contribution in [0.4, 0.5) is 10.1 Å². The minimum atomic E-state index is -0.330. The molecule has 106 valence electrons. The van der Waals surface area contributed by atoms with Gasteiger partial charge in [-0.2, -0.15) is 0 Å². The van der Waals surface area contributed by atoms with Crippen LogP contribution in [0.2, 0.25) is 5.02 Å². The summed E-state index contributed by atoms with van der Waals surface area (Å²) in [6, 6.07) is 13.6. The average Bonchev–Trinajstić information content (AvgIpc) is 2.96. The Labute approximate surface area is 125 Å². The smallest absolute Gasteiger partial charge is 0.249 e. The number of hydrogen-bond donors (Lipinski definition) is 1. The molecule has 0 spiro atoms. The highest BCUT2D eigenvalue weighted by Gasteiger charge is 2.11. The Morgan fingerprint density at radius 2 is 1.81 bits per heavy atom. The first-order chi connectivity index (χ1) is 10.2. The van der Waals surface area contributed by atoms with Crippen molar-refractivity contribution in [1.82, 2.24) is 10.2 Å². The molecule has 0 radical (unpaired) electrons. The summed E-state index contributed by atoms with van der Waals surface area (Å²) < 4.78 is 19.0. The predicted octanol–water partition coefficient (Wildman–Crippen LogP) is 4.14. The number of nitrogens with zero attached hydrogens (tertiary/aromatic N) is 2. The predicted molar refractivity (Wildman–Crippen MR) is 78.5 cm³/mol. The van der Waals surface area contributed by atoms with E-state index >= 15 is 0 Å². The molecule has 6 heteroatoms. The fraction of sp³-hybridized carbons (Fsp3) is 0.0667. The molecule has 4 nitrogen and oxygen atoms in total. The summed E-state index contributed by atoms with van der Waals surface area (Å²) >= 11 is 6.07. The van der Waals surface area contributed by atoms with Crippen LogP contribution in [-0.4, -0.2) is 10.2 Å². The van der Waals surface area contributed by atoms with Gasteiger partial charge in [-0.15, -0.1) is 10.2 Å². The maximum absolute atomic E-state index is 13.5. The van der Waals surface area contributed by atoms with Crippen molar-refractivity contribution in [3.63, 3.8) is 0 Å². The molecule has 0 fully saturated rings. The number of aromatic nitrogens is 2. The van der Waals surface area contributed by atoms with Crippen LogP contribution >= 0.6 is 11.6 Å². The molecule has 0 bridgehead atoms. The Bertz CT molecular complexity index is 760. The maximum Gasteiger partial charge on any atom is 0.249 e. The van der Waals surface area contributed by atoms with Gasteiger partial charge in [0, 0.05) is 0 Å². The van der Waals surface area contributed by atoms with E-state index in [0.29, 0.717) is 28.1 Å². The van der Waals surface area contributed by atoms with E-state index in [4.69, 9.17) is 16.0 Å². The zero-order valence-electron chi connectivity index (χ0n) is 10.9. The molecule has 2 aromatic carbocycles. The highest BCUT2D eigenvalue weighted by molar-refractivity contribution is 6.33. The second kappa shape index (κ2) is 5.93. The molecule has 1 N–H and O–H groups in total. The molecule has 21 heavy (non-hydrogen) atoms. The molecule has 0 amide bonds. The molecule has 3 aromatic rings. The summed E-state index contributed by atoms with van der Waals surface area (Å²) in [5.74, 6) is 0.363. The third kappa shape index (κ3) is 3.03. The van der Waals surface area contributed by atoms with Crippen molar-refractivity contribution < 1.29 is 8.81 Å². The van der Waals surface area contributed by atoms with Gasteiger partial charge in [-0.05, 0) is 24.3 Å². The minimum absolute atomic E-state index is 0.235. The van der Waals surface area contributed by atoms with Gasteiger partial charge in [0.1, 0.15) is 5.82 Å². The summed E-state index contributed by atoms with van der Waals surface area (Å²) in [5.41, 5.74) is 1.05. The molecule has 1 aromatic heterocycles. The van der Waals surface area contributed by atoms with Crippen LogP contribution in [-0.2, 0) is 6.54 Å². The molecule has 0 saturated heterocycles. The summed E-state index contributed by atoms with van der Waals surface area (Å²) in [5, 5.41) is 11.3. The SMILES string of the molecule is Fc1ccccc1NCc1nnc(-c2ccccc2Cl)o1.